The Balaban J connectivity index is 1.52. The molecule has 1 aliphatic heterocycles. The Bertz CT molecular complexity index is 1660. The second kappa shape index (κ2) is 13.6. The topological polar surface area (TPSA) is 88.2 Å². The first kappa shape index (κ1) is 35.9. The SMILES string of the molecule is CNc1ccc(-c2cc(C(F)(F)F)cc(C(F)(F)F)c2)cc1C(=O)N1CCN(C(=O)COc2ccc(OC(F)(F)F)cc2C)CC1C=O. The van der Waals surface area contributed by atoms with E-state index in [1.54, 1.807) is 0 Å². The Labute approximate surface area is 267 Å². The van der Waals surface area contributed by atoms with Gasteiger partial charge in [0.05, 0.1) is 16.7 Å². The molecule has 1 heterocycles. The van der Waals surface area contributed by atoms with Crippen molar-refractivity contribution in [3.63, 3.8) is 0 Å². The van der Waals surface area contributed by atoms with Crippen LogP contribution < -0.4 is 14.8 Å². The maximum absolute atomic E-state index is 13.7. The number of halogens is 9. The van der Waals surface area contributed by atoms with E-state index in [2.05, 4.69) is 10.1 Å². The van der Waals surface area contributed by atoms with Gasteiger partial charge < -0.3 is 29.4 Å². The fourth-order valence-corrected chi connectivity index (χ4v) is 5.01. The fourth-order valence-electron chi connectivity index (χ4n) is 5.01. The third-order valence-corrected chi connectivity index (χ3v) is 7.36. The van der Waals surface area contributed by atoms with Gasteiger partial charge in [0, 0.05) is 32.4 Å². The summed E-state index contributed by atoms with van der Waals surface area (Å²) < 4.78 is 127. The number of nitrogens with one attached hydrogen (secondary N) is 1. The van der Waals surface area contributed by atoms with E-state index in [1.165, 1.54) is 37.1 Å². The molecule has 1 atom stereocenters. The van der Waals surface area contributed by atoms with Gasteiger partial charge in [-0.1, -0.05) is 6.07 Å². The summed E-state index contributed by atoms with van der Waals surface area (Å²) in [5, 5.41) is 2.74. The maximum atomic E-state index is 13.7. The van der Waals surface area contributed by atoms with Gasteiger partial charge >= 0.3 is 18.7 Å². The van der Waals surface area contributed by atoms with Gasteiger partial charge in [-0.15, -0.1) is 13.2 Å². The number of aldehydes is 1. The Kier molecular flexibility index (Phi) is 10.2. The number of carbonyl (C=O) groups is 3. The van der Waals surface area contributed by atoms with Crippen LogP contribution in [0.5, 0.6) is 11.5 Å². The zero-order valence-corrected chi connectivity index (χ0v) is 25.0. The first-order chi connectivity index (χ1) is 22.3. The summed E-state index contributed by atoms with van der Waals surface area (Å²) in [5.74, 6) is -1.77. The zero-order chi connectivity index (χ0) is 35.6. The molecule has 3 aromatic rings. The molecule has 17 heteroatoms. The number of carbonyl (C=O) groups excluding carboxylic acids is 3. The fraction of sp³-hybridized carbons (Fsp3) is 0.323. The number of ether oxygens (including phenoxy) is 2. The lowest BCUT2D eigenvalue weighted by Gasteiger charge is -2.39. The van der Waals surface area contributed by atoms with Crippen molar-refractivity contribution in [2.24, 2.45) is 0 Å². The first-order valence-corrected chi connectivity index (χ1v) is 14.0. The monoisotopic (exact) mass is 691 g/mol. The van der Waals surface area contributed by atoms with Crippen LogP contribution in [0.4, 0.5) is 45.2 Å². The number of nitrogens with zero attached hydrogens (tertiary/aromatic N) is 2. The van der Waals surface area contributed by atoms with Crippen molar-refractivity contribution in [1.29, 1.82) is 0 Å². The molecule has 0 spiro atoms. The van der Waals surface area contributed by atoms with E-state index in [0.29, 0.717) is 18.4 Å². The van der Waals surface area contributed by atoms with Crippen LogP contribution in [-0.4, -0.2) is 73.6 Å². The molecule has 8 nitrogen and oxygen atoms in total. The molecule has 3 aromatic carbocycles. The quantitative estimate of drug-likeness (QED) is 0.213. The van der Waals surface area contributed by atoms with E-state index < -0.39 is 65.6 Å². The van der Waals surface area contributed by atoms with Gasteiger partial charge in [0.15, 0.2) is 6.61 Å². The third-order valence-electron chi connectivity index (χ3n) is 7.36. The van der Waals surface area contributed by atoms with Crippen LogP contribution in [0.3, 0.4) is 0 Å². The number of rotatable bonds is 8. The zero-order valence-electron chi connectivity index (χ0n) is 25.0. The lowest BCUT2D eigenvalue weighted by molar-refractivity contribution is -0.274. The summed E-state index contributed by atoms with van der Waals surface area (Å²) in [6, 6.07) is 6.78. The molecule has 1 saturated heterocycles. The standard InChI is InChI=1S/C31H26F9N3O5/c1-17-9-23(48-31(38,39)40)4-6-26(17)47-16-27(45)42-7-8-43(22(14-42)15-44)28(46)24-12-18(3-5-25(24)41-2)19-10-20(29(32,33)34)13-21(11-19)30(35,36)37/h3-6,9-13,15,22,41H,7-8,14,16H2,1-2H3. The highest BCUT2D eigenvalue weighted by atomic mass is 19.4. The van der Waals surface area contributed by atoms with E-state index in [1.807, 2.05) is 0 Å². The van der Waals surface area contributed by atoms with Gasteiger partial charge in [-0.05, 0) is 72.1 Å². The van der Waals surface area contributed by atoms with E-state index in [0.717, 1.165) is 23.1 Å². The summed E-state index contributed by atoms with van der Waals surface area (Å²) in [7, 11) is 1.43. The molecule has 0 aromatic heterocycles. The number of aryl methyl sites for hydroxylation is 1. The Morgan fingerprint density at radius 3 is 2.06 bits per heavy atom. The minimum atomic E-state index is -5.09. The summed E-state index contributed by atoms with van der Waals surface area (Å²) in [5.41, 5.74) is -3.38. The lowest BCUT2D eigenvalue weighted by Crippen LogP contribution is -2.58. The molecule has 1 fully saturated rings. The number of piperazine rings is 1. The van der Waals surface area contributed by atoms with Gasteiger partial charge in [0.25, 0.3) is 11.8 Å². The molecule has 0 bridgehead atoms. The van der Waals surface area contributed by atoms with Crippen molar-refractivity contribution >= 4 is 23.8 Å². The average molecular weight is 692 g/mol. The van der Waals surface area contributed by atoms with Crippen LogP contribution in [0.15, 0.2) is 54.6 Å². The Hall–Kier alpha value is -4.96. The number of amides is 2. The first-order valence-electron chi connectivity index (χ1n) is 14.0. The number of hydrogen-bond donors (Lipinski definition) is 1. The summed E-state index contributed by atoms with van der Waals surface area (Å²) in [6.07, 6.45) is -14.7. The van der Waals surface area contributed by atoms with Crippen LogP contribution in [0.2, 0.25) is 0 Å². The normalized spacial score (nSPS) is 15.6. The molecule has 2 amide bonds. The summed E-state index contributed by atoms with van der Waals surface area (Å²) in [6.45, 7) is 0.361. The van der Waals surface area contributed by atoms with Gasteiger partial charge in [-0.3, -0.25) is 9.59 Å². The largest absolute Gasteiger partial charge is 0.573 e. The van der Waals surface area contributed by atoms with E-state index in [9.17, 15) is 53.9 Å². The van der Waals surface area contributed by atoms with Crippen LogP contribution in [-0.2, 0) is 21.9 Å². The number of benzene rings is 3. The highest BCUT2D eigenvalue weighted by Gasteiger charge is 2.38. The molecule has 258 valence electrons. The van der Waals surface area contributed by atoms with E-state index >= 15 is 0 Å². The van der Waals surface area contributed by atoms with Crippen LogP contribution in [0.25, 0.3) is 11.1 Å². The van der Waals surface area contributed by atoms with Crippen molar-refractivity contribution in [2.45, 2.75) is 31.7 Å². The molecule has 0 saturated carbocycles. The molecule has 0 radical (unpaired) electrons. The second-order valence-electron chi connectivity index (χ2n) is 10.6. The summed E-state index contributed by atoms with van der Waals surface area (Å²) >= 11 is 0. The molecular weight excluding hydrogens is 665 g/mol. The van der Waals surface area contributed by atoms with Gasteiger partial charge in [-0.25, -0.2) is 0 Å². The molecule has 1 unspecified atom stereocenters. The van der Waals surface area contributed by atoms with Crippen molar-refractivity contribution in [3.8, 4) is 22.6 Å². The number of hydrogen-bond acceptors (Lipinski definition) is 6. The number of anilines is 1. The minimum absolute atomic E-state index is 0.0115. The van der Waals surface area contributed by atoms with Crippen molar-refractivity contribution in [3.05, 3.63) is 76.9 Å². The van der Waals surface area contributed by atoms with Gasteiger partial charge in [0.1, 0.15) is 23.8 Å². The predicted molar refractivity (Wildman–Crippen MR) is 152 cm³/mol. The predicted octanol–water partition coefficient (Wildman–Crippen LogP) is 6.57. The molecular formula is C31H26F9N3O5. The summed E-state index contributed by atoms with van der Waals surface area (Å²) in [4.78, 5) is 41.0. The van der Waals surface area contributed by atoms with Crippen LogP contribution in [0, 0.1) is 6.92 Å². The highest BCUT2D eigenvalue weighted by molar-refractivity contribution is 6.02. The minimum Gasteiger partial charge on any atom is -0.483 e. The second-order valence-corrected chi connectivity index (χ2v) is 10.6. The Morgan fingerprint density at radius 2 is 1.52 bits per heavy atom. The lowest BCUT2D eigenvalue weighted by atomic mass is 9.96. The Morgan fingerprint density at radius 1 is 0.875 bits per heavy atom. The smallest absolute Gasteiger partial charge is 0.483 e. The molecule has 1 N–H and O–H groups in total. The van der Waals surface area contributed by atoms with Crippen molar-refractivity contribution in [1.82, 2.24) is 9.80 Å². The highest BCUT2D eigenvalue weighted by Crippen LogP contribution is 2.39. The molecule has 1 aliphatic rings. The van der Waals surface area contributed by atoms with E-state index in [4.69, 9.17) is 4.74 Å². The van der Waals surface area contributed by atoms with E-state index in [-0.39, 0.29) is 53.8 Å². The van der Waals surface area contributed by atoms with Crippen LogP contribution >= 0.6 is 0 Å². The molecule has 0 aliphatic carbocycles. The van der Waals surface area contributed by atoms with Gasteiger partial charge in [-0.2, -0.15) is 26.3 Å². The maximum Gasteiger partial charge on any atom is 0.573 e. The molecule has 4 rings (SSSR count). The number of alkyl halides is 9. The van der Waals surface area contributed by atoms with Crippen molar-refractivity contribution in [2.75, 3.05) is 38.6 Å². The van der Waals surface area contributed by atoms with Crippen molar-refractivity contribution < 1.29 is 63.4 Å². The van der Waals surface area contributed by atoms with Crippen LogP contribution in [0.1, 0.15) is 27.0 Å². The van der Waals surface area contributed by atoms with Gasteiger partial charge in [0.2, 0.25) is 0 Å². The third kappa shape index (κ3) is 8.49. The average Bonchev–Trinajstić information content (AvgIpc) is 3.01. The molecule has 48 heavy (non-hydrogen) atoms.